The average molecular weight is 344 g/mol. The van der Waals surface area contributed by atoms with Gasteiger partial charge in [0.1, 0.15) is 11.9 Å². The second kappa shape index (κ2) is 7.55. The minimum Gasteiger partial charge on any atom is -0.490 e. The minimum absolute atomic E-state index is 0.343. The van der Waals surface area contributed by atoms with Gasteiger partial charge in [0.05, 0.1) is 0 Å². The molecule has 0 aromatic heterocycles. The third kappa shape index (κ3) is 4.14. The van der Waals surface area contributed by atoms with E-state index in [1.54, 1.807) is 0 Å². The standard InChI is InChI=1S/C15H22BrNOS/c1-3-7-17-14-10-12(6-8-19-2)18-15-5-4-11(16)9-13(14)15/h4-5,9,12,14,17H,3,6-8,10H2,1-2H3. The fraction of sp³-hybridized carbons (Fsp3) is 0.600. The van der Waals surface area contributed by atoms with E-state index in [4.69, 9.17) is 4.74 Å². The normalized spacial score (nSPS) is 21.8. The Morgan fingerprint density at radius 3 is 3.05 bits per heavy atom. The summed E-state index contributed by atoms with van der Waals surface area (Å²) in [5, 5.41) is 3.65. The zero-order valence-corrected chi connectivity index (χ0v) is 14.0. The van der Waals surface area contributed by atoms with Crippen molar-refractivity contribution in [2.24, 2.45) is 0 Å². The Balaban J connectivity index is 2.14. The number of ether oxygens (including phenoxy) is 1. The van der Waals surface area contributed by atoms with Crippen LogP contribution in [0.25, 0.3) is 0 Å². The van der Waals surface area contributed by atoms with Gasteiger partial charge >= 0.3 is 0 Å². The van der Waals surface area contributed by atoms with Crippen molar-refractivity contribution in [1.82, 2.24) is 5.32 Å². The van der Waals surface area contributed by atoms with Gasteiger partial charge in [0.2, 0.25) is 0 Å². The predicted octanol–water partition coefficient (Wildman–Crippen LogP) is 4.39. The average Bonchev–Trinajstić information content (AvgIpc) is 2.42. The molecular formula is C15H22BrNOS. The van der Waals surface area contributed by atoms with E-state index >= 15 is 0 Å². The minimum atomic E-state index is 0.343. The van der Waals surface area contributed by atoms with E-state index in [2.05, 4.69) is 52.6 Å². The molecule has 0 spiro atoms. The van der Waals surface area contributed by atoms with Crippen molar-refractivity contribution < 1.29 is 4.74 Å². The monoisotopic (exact) mass is 343 g/mol. The van der Waals surface area contributed by atoms with Gasteiger partial charge in [0.25, 0.3) is 0 Å². The quantitative estimate of drug-likeness (QED) is 0.827. The summed E-state index contributed by atoms with van der Waals surface area (Å²) in [6.45, 7) is 3.27. The van der Waals surface area contributed by atoms with E-state index in [1.165, 1.54) is 5.56 Å². The van der Waals surface area contributed by atoms with Gasteiger partial charge in [-0.1, -0.05) is 22.9 Å². The van der Waals surface area contributed by atoms with Crippen LogP contribution in [0.3, 0.4) is 0 Å². The van der Waals surface area contributed by atoms with Crippen LogP contribution >= 0.6 is 27.7 Å². The number of nitrogens with one attached hydrogen (secondary N) is 1. The highest BCUT2D eigenvalue weighted by molar-refractivity contribution is 9.10. The van der Waals surface area contributed by atoms with Gasteiger partial charge < -0.3 is 10.1 Å². The van der Waals surface area contributed by atoms with Crippen LogP contribution in [0.1, 0.15) is 37.8 Å². The molecule has 2 atom stereocenters. The summed E-state index contributed by atoms with van der Waals surface area (Å²) in [5.41, 5.74) is 1.29. The second-order valence-corrected chi connectivity index (χ2v) is 6.85. The van der Waals surface area contributed by atoms with Gasteiger partial charge in [0, 0.05) is 22.5 Å². The van der Waals surface area contributed by atoms with Crippen molar-refractivity contribution in [2.45, 2.75) is 38.3 Å². The van der Waals surface area contributed by atoms with Crippen LogP contribution < -0.4 is 10.1 Å². The summed E-state index contributed by atoms with van der Waals surface area (Å²) in [5.74, 6) is 2.21. The number of hydrogen-bond donors (Lipinski definition) is 1. The van der Waals surface area contributed by atoms with E-state index < -0.39 is 0 Å². The third-order valence-electron chi connectivity index (χ3n) is 3.42. The van der Waals surface area contributed by atoms with Gasteiger partial charge in [-0.15, -0.1) is 0 Å². The Morgan fingerprint density at radius 1 is 1.47 bits per heavy atom. The number of benzene rings is 1. The number of halogens is 1. The smallest absolute Gasteiger partial charge is 0.124 e. The molecule has 2 nitrogen and oxygen atoms in total. The van der Waals surface area contributed by atoms with Crippen LogP contribution in [0, 0.1) is 0 Å². The Hall–Kier alpha value is -0.190. The van der Waals surface area contributed by atoms with Crippen LogP contribution in [0.4, 0.5) is 0 Å². The zero-order chi connectivity index (χ0) is 13.7. The van der Waals surface area contributed by atoms with Crippen molar-refractivity contribution in [2.75, 3.05) is 18.6 Å². The Bertz CT molecular complexity index is 413. The molecule has 0 aliphatic carbocycles. The molecule has 0 fully saturated rings. The van der Waals surface area contributed by atoms with Crippen LogP contribution in [0.5, 0.6) is 5.75 Å². The molecule has 0 saturated heterocycles. The Morgan fingerprint density at radius 2 is 2.32 bits per heavy atom. The van der Waals surface area contributed by atoms with Crippen molar-refractivity contribution in [3.8, 4) is 5.75 Å². The molecule has 1 heterocycles. The molecule has 19 heavy (non-hydrogen) atoms. The molecule has 1 aliphatic heterocycles. The van der Waals surface area contributed by atoms with Crippen molar-refractivity contribution in [3.63, 3.8) is 0 Å². The molecule has 0 saturated carbocycles. The van der Waals surface area contributed by atoms with Crippen LogP contribution in [-0.2, 0) is 0 Å². The van der Waals surface area contributed by atoms with Gasteiger partial charge in [-0.25, -0.2) is 0 Å². The lowest BCUT2D eigenvalue weighted by atomic mass is 9.95. The van der Waals surface area contributed by atoms with E-state index in [-0.39, 0.29) is 0 Å². The fourth-order valence-corrected chi connectivity index (χ4v) is 3.33. The summed E-state index contributed by atoms with van der Waals surface area (Å²) in [6, 6.07) is 6.76. The molecule has 1 N–H and O–H groups in total. The maximum atomic E-state index is 6.13. The largest absolute Gasteiger partial charge is 0.490 e. The van der Waals surface area contributed by atoms with E-state index in [0.29, 0.717) is 12.1 Å². The molecule has 0 radical (unpaired) electrons. The molecular weight excluding hydrogens is 322 g/mol. The molecule has 1 aromatic carbocycles. The number of rotatable bonds is 6. The first-order valence-electron chi connectivity index (χ1n) is 6.93. The first kappa shape index (κ1) is 15.2. The van der Waals surface area contributed by atoms with Crippen molar-refractivity contribution >= 4 is 27.7 Å². The summed E-state index contributed by atoms with van der Waals surface area (Å²) >= 11 is 5.45. The van der Waals surface area contributed by atoms with Gasteiger partial charge in [-0.05, 0) is 49.6 Å². The Labute approximate surface area is 128 Å². The lowest BCUT2D eigenvalue weighted by Crippen LogP contribution is -2.33. The zero-order valence-electron chi connectivity index (χ0n) is 11.6. The number of thioether (sulfide) groups is 1. The van der Waals surface area contributed by atoms with Crippen LogP contribution in [0.15, 0.2) is 22.7 Å². The van der Waals surface area contributed by atoms with Crippen LogP contribution in [0.2, 0.25) is 0 Å². The molecule has 106 valence electrons. The van der Waals surface area contributed by atoms with Gasteiger partial charge in [-0.2, -0.15) is 11.8 Å². The molecule has 0 bridgehead atoms. The number of hydrogen-bond acceptors (Lipinski definition) is 3. The SMILES string of the molecule is CCCNC1CC(CCSC)Oc2ccc(Br)cc21. The summed E-state index contributed by atoms with van der Waals surface area (Å²) in [7, 11) is 0. The summed E-state index contributed by atoms with van der Waals surface area (Å²) in [6.07, 6.45) is 5.86. The summed E-state index contributed by atoms with van der Waals surface area (Å²) in [4.78, 5) is 0. The van der Waals surface area contributed by atoms with Gasteiger partial charge in [-0.3, -0.25) is 0 Å². The first-order chi connectivity index (χ1) is 9.24. The summed E-state index contributed by atoms with van der Waals surface area (Å²) < 4.78 is 7.25. The van der Waals surface area contributed by atoms with Crippen molar-refractivity contribution in [3.05, 3.63) is 28.2 Å². The lowest BCUT2D eigenvalue weighted by Gasteiger charge is -2.33. The third-order valence-corrected chi connectivity index (χ3v) is 4.56. The molecule has 0 amide bonds. The topological polar surface area (TPSA) is 21.3 Å². The van der Waals surface area contributed by atoms with E-state index in [1.807, 2.05) is 11.8 Å². The molecule has 2 rings (SSSR count). The van der Waals surface area contributed by atoms with E-state index in [9.17, 15) is 0 Å². The fourth-order valence-electron chi connectivity index (χ4n) is 2.45. The maximum Gasteiger partial charge on any atom is 0.124 e. The molecule has 1 aliphatic rings. The van der Waals surface area contributed by atoms with E-state index in [0.717, 1.165) is 41.8 Å². The Kier molecular flexibility index (Phi) is 6.05. The maximum absolute atomic E-state index is 6.13. The highest BCUT2D eigenvalue weighted by Crippen LogP contribution is 2.37. The van der Waals surface area contributed by atoms with Gasteiger partial charge in [0.15, 0.2) is 0 Å². The molecule has 4 heteroatoms. The second-order valence-electron chi connectivity index (χ2n) is 4.95. The first-order valence-corrected chi connectivity index (χ1v) is 9.11. The molecule has 2 unspecified atom stereocenters. The highest BCUT2D eigenvalue weighted by Gasteiger charge is 2.27. The van der Waals surface area contributed by atoms with Crippen molar-refractivity contribution in [1.29, 1.82) is 0 Å². The molecule has 1 aromatic rings. The highest BCUT2D eigenvalue weighted by atomic mass is 79.9. The predicted molar refractivity (Wildman–Crippen MR) is 87.2 cm³/mol. The lowest BCUT2D eigenvalue weighted by molar-refractivity contribution is 0.147. The number of fused-ring (bicyclic) bond motifs is 1. The van der Waals surface area contributed by atoms with Crippen LogP contribution in [-0.4, -0.2) is 24.7 Å².